The molecule has 9 heteroatoms. The van der Waals surface area contributed by atoms with Crippen LogP contribution in [0.5, 0.6) is 11.5 Å². The Labute approximate surface area is 192 Å². The lowest BCUT2D eigenvalue weighted by Crippen LogP contribution is -2.44. The maximum absolute atomic E-state index is 13.8. The first-order valence-corrected chi connectivity index (χ1v) is 12.7. The predicted molar refractivity (Wildman–Crippen MR) is 124 cm³/mol. The summed E-state index contributed by atoms with van der Waals surface area (Å²) in [7, 11) is -0.935. The summed E-state index contributed by atoms with van der Waals surface area (Å²) in [5.74, 6) is 0.712. The first-order chi connectivity index (χ1) is 15.0. The predicted octanol–water partition coefficient (Wildman–Crippen LogP) is 4.28. The van der Waals surface area contributed by atoms with Gasteiger partial charge in [-0.2, -0.15) is 4.31 Å². The molecule has 1 aromatic rings. The third-order valence-corrected chi connectivity index (χ3v) is 7.38. The molecule has 182 valence electrons. The topological polar surface area (TPSA) is 85.4 Å². The molecule has 1 atom stereocenters. The molecule has 1 saturated heterocycles. The number of unbranched alkanes of at least 4 members (excludes halogenated alkanes) is 3. The minimum Gasteiger partial charge on any atom is -0.497 e. The zero-order chi connectivity index (χ0) is 23.9. The minimum absolute atomic E-state index is 0.0746. The van der Waals surface area contributed by atoms with Crippen LogP contribution >= 0.6 is 0 Å². The third-order valence-electron chi connectivity index (χ3n) is 5.41. The first kappa shape index (κ1) is 26.3. The van der Waals surface area contributed by atoms with Gasteiger partial charge in [-0.25, -0.2) is 13.2 Å². The average Bonchev–Trinajstić information content (AvgIpc) is 3.21. The standard InChI is InChI=1S/C23H38N2O6S/c1-7-8-9-10-14-25(18-13-15-24(17-18)22(26)31-23(2,3)4)32(27,28)21-16-19(29-5)11-12-20(21)30-6/h11-12,16,18H,7-10,13-15,17H2,1-6H3/t18-/m1/s1. The number of likely N-dealkylation sites (tertiary alicyclic amines) is 1. The lowest BCUT2D eigenvalue weighted by Gasteiger charge is -2.29. The van der Waals surface area contributed by atoms with E-state index in [2.05, 4.69) is 6.92 Å². The highest BCUT2D eigenvalue weighted by Gasteiger charge is 2.39. The lowest BCUT2D eigenvalue weighted by molar-refractivity contribution is 0.0286. The average molecular weight is 471 g/mol. The quantitative estimate of drug-likeness (QED) is 0.475. The molecule has 32 heavy (non-hydrogen) atoms. The molecule has 1 aliphatic rings. The number of methoxy groups -OCH3 is 2. The van der Waals surface area contributed by atoms with Gasteiger partial charge in [-0.05, 0) is 45.7 Å². The summed E-state index contributed by atoms with van der Waals surface area (Å²) < 4.78 is 45.2. The molecular weight excluding hydrogens is 432 g/mol. The van der Waals surface area contributed by atoms with Gasteiger partial charge in [0.2, 0.25) is 10.0 Å². The Morgan fingerprint density at radius 2 is 1.88 bits per heavy atom. The molecule has 0 unspecified atom stereocenters. The summed E-state index contributed by atoms with van der Waals surface area (Å²) in [6, 6.07) is 4.43. The van der Waals surface area contributed by atoms with Crippen molar-refractivity contribution in [3.05, 3.63) is 18.2 Å². The molecule has 2 rings (SSSR count). The highest BCUT2D eigenvalue weighted by molar-refractivity contribution is 7.89. The molecule has 0 radical (unpaired) electrons. The second-order valence-corrected chi connectivity index (χ2v) is 10.9. The number of sulfonamides is 1. The van der Waals surface area contributed by atoms with Gasteiger partial charge in [-0.15, -0.1) is 0 Å². The van der Waals surface area contributed by atoms with Crippen molar-refractivity contribution in [1.82, 2.24) is 9.21 Å². The fourth-order valence-electron chi connectivity index (χ4n) is 3.77. The van der Waals surface area contributed by atoms with Gasteiger partial charge < -0.3 is 19.1 Å². The highest BCUT2D eigenvalue weighted by atomic mass is 32.2. The Balaban J connectivity index is 2.32. The number of carbonyl (C=O) groups is 1. The second kappa shape index (κ2) is 11.2. The van der Waals surface area contributed by atoms with Gasteiger partial charge in [0, 0.05) is 31.7 Å². The number of benzene rings is 1. The van der Waals surface area contributed by atoms with Crippen LogP contribution in [-0.2, 0) is 14.8 Å². The molecule has 0 spiro atoms. The zero-order valence-electron chi connectivity index (χ0n) is 20.2. The van der Waals surface area contributed by atoms with E-state index in [1.807, 2.05) is 20.8 Å². The van der Waals surface area contributed by atoms with Crippen molar-refractivity contribution in [2.45, 2.75) is 76.3 Å². The molecule has 1 aromatic carbocycles. The molecule has 1 amide bonds. The fraction of sp³-hybridized carbons (Fsp3) is 0.696. The summed E-state index contributed by atoms with van der Waals surface area (Å²) in [5, 5.41) is 0. The summed E-state index contributed by atoms with van der Waals surface area (Å²) >= 11 is 0. The van der Waals surface area contributed by atoms with E-state index in [9.17, 15) is 13.2 Å². The molecule has 8 nitrogen and oxygen atoms in total. The van der Waals surface area contributed by atoms with Crippen LogP contribution in [0.25, 0.3) is 0 Å². The van der Waals surface area contributed by atoms with E-state index in [0.717, 1.165) is 25.7 Å². The molecule has 1 fully saturated rings. The van der Waals surface area contributed by atoms with Crippen molar-refractivity contribution < 1.29 is 27.4 Å². The molecule has 0 aliphatic carbocycles. The van der Waals surface area contributed by atoms with Crippen LogP contribution in [0.2, 0.25) is 0 Å². The maximum atomic E-state index is 13.8. The van der Waals surface area contributed by atoms with Crippen LogP contribution in [-0.4, -0.2) is 69.2 Å². The van der Waals surface area contributed by atoms with Crippen molar-refractivity contribution in [3.63, 3.8) is 0 Å². The normalized spacial score (nSPS) is 17.0. The van der Waals surface area contributed by atoms with E-state index in [-0.39, 0.29) is 16.7 Å². The summed E-state index contributed by atoms with van der Waals surface area (Å²) in [6.07, 6.45) is 3.95. The summed E-state index contributed by atoms with van der Waals surface area (Å²) in [5.41, 5.74) is -0.602. The number of amides is 1. The molecule has 0 saturated carbocycles. The molecule has 0 bridgehead atoms. The molecule has 1 heterocycles. The number of carbonyl (C=O) groups excluding carboxylic acids is 1. The van der Waals surface area contributed by atoms with Gasteiger partial charge in [0.1, 0.15) is 22.0 Å². The first-order valence-electron chi connectivity index (χ1n) is 11.2. The Morgan fingerprint density at radius 3 is 2.47 bits per heavy atom. The van der Waals surface area contributed by atoms with Crippen molar-refractivity contribution in [2.24, 2.45) is 0 Å². The van der Waals surface area contributed by atoms with Crippen LogP contribution in [0.4, 0.5) is 4.79 Å². The fourth-order valence-corrected chi connectivity index (χ4v) is 5.63. The number of ether oxygens (including phenoxy) is 3. The van der Waals surface area contributed by atoms with Crippen LogP contribution in [0.15, 0.2) is 23.1 Å². The highest BCUT2D eigenvalue weighted by Crippen LogP contribution is 2.33. The maximum Gasteiger partial charge on any atom is 0.410 e. The van der Waals surface area contributed by atoms with Crippen LogP contribution in [0, 0.1) is 0 Å². The second-order valence-electron chi connectivity index (χ2n) is 9.06. The summed E-state index contributed by atoms with van der Waals surface area (Å²) in [6.45, 7) is 8.71. The van der Waals surface area contributed by atoms with E-state index < -0.39 is 21.7 Å². The smallest absolute Gasteiger partial charge is 0.410 e. The van der Waals surface area contributed by atoms with Crippen molar-refractivity contribution in [2.75, 3.05) is 33.9 Å². The van der Waals surface area contributed by atoms with E-state index in [1.165, 1.54) is 24.6 Å². The largest absolute Gasteiger partial charge is 0.497 e. The Hall–Kier alpha value is -2.00. The molecule has 0 aromatic heterocycles. The number of hydrogen-bond donors (Lipinski definition) is 0. The van der Waals surface area contributed by atoms with E-state index in [4.69, 9.17) is 14.2 Å². The number of nitrogens with zero attached hydrogens (tertiary/aromatic N) is 2. The van der Waals surface area contributed by atoms with E-state index in [0.29, 0.717) is 31.8 Å². The van der Waals surface area contributed by atoms with E-state index in [1.54, 1.807) is 17.0 Å². The Bertz CT molecular complexity index is 866. The van der Waals surface area contributed by atoms with Gasteiger partial charge in [0.05, 0.1) is 14.2 Å². The Morgan fingerprint density at radius 1 is 1.16 bits per heavy atom. The van der Waals surface area contributed by atoms with Crippen molar-refractivity contribution in [1.29, 1.82) is 0 Å². The molecule has 0 N–H and O–H groups in total. The van der Waals surface area contributed by atoms with Gasteiger partial charge >= 0.3 is 6.09 Å². The van der Waals surface area contributed by atoms with Crippen molar-refractivity contribution in [3.8, 4) is 11.5 Å². The van der Waals surface area contributed by atoms with Crippen LogP contribution < -0.4 is 9.47 Å². The van der Waals surface area contributed by atoms with Gasteiger partial charge in [-0.3, -0.25) is 0 Å². The number of rotatable bonds is 10. The van der Waals surface area contributed by atoms with E-state index >= 15 is 0 Å². The third kappa shape index (κ3) is 6.75. The van der Waals surface area contributed by atoms with Crippen molar-refractivity contribution >= 4 is 16.1 Å². The monoisotopic (exact) mass is 470 g/mol. The van der Waals surface area contributed by atoms with Crippen LogP contribution in [0.3, 0.4) is 0 Å². The SMILES string of the molecule is CCCCCCN([C@@H]1CCN(C(=O)OC(C)(C)C)C1)S(=O)(=O)c1cc(OC)ccc1OC. The summed E-state index contributed by atoms with van der Waals surface area (Å²) in [4.78, 5) is 14.2. The minimum atomic E-state index is -3.88. The molecular formula is C23H38N2O6S. The van der Waals surface area contributed by atoms with Crippen LogP contribution in [0.1, 0.15) is 59.8 Å². The number of hydrogen-bond acceptors (Lipinski definition) is 6. The molecule has 1 aliphatic heterocycles. The Kier molecular flexibility index (Phi) is 9.21. The lowest BCUT2D eigenvalue weighted by atomic mass is 10.2. The van der Waals surface area contributed by atoms with Gasteiger partial charge in [0.15, 0.2) is 0 Å². The zero-order valence-corrected chi connectivity index (χ0v) is 21.0. The van der Waals surface area contributed by atoms with Gasteiger partial charge in [0.25, 0.3) is 0 Å². The van der Waals surface area contributed by atoms with Gasteiger partial charge in [-0.1, -0.05) is 26.2 Å².